The molecule has 1 unspecified atom stereocenters. The minimum absolute atomic E-state index is 0.00952. The number of carbonyl (C=O) groups is 1. The van der Waals surface area contributed by atoms with Gasteiger partial charge in [0.2, 0.25) is 0 Å². The van der Waals surface area contributed by atoms with Gasteiger partial charge in [0.1, 0.15) is 0 Å². The molecular formula is C12H22O3. The van der Waals surface area contributed by atoms with Crippen LogP contribution in [-0.2, 0) is 9.53 Å². The van der Waals surface area contributed by atoms with Gasteiger partial charge < -0.3 is 9.84 Å². The van der Waals surface area contributed by atoms with Crippen molar-refractivity contribution in [2.75, 3.05) is 13.2 Å². The topological polar surface area (TPSA) is 46.5 Å². The van der Waals surface area contributed by atoms with Gasteiger partial charge in [-0.25, -0.2) is 0 Å². The van der Waals surface area contributed by atoms with E-state index in [0.29, 0.717) is 13.2 Å². The van der Waals surface area contributed by atoms with E-state index in [2.05, 4.69) is 0 Å². The van der Waals surface area contributed by atoms with Crippen LogP contribution >= 0.6 is 0 Å². The van der Waals surface area contributed by atoms with Gasteiger partial charge >= 0.3 is 5.97 Å². The summed E-state index contributed by atoms with van der Waals surface area (Å²) in [6, 6.07) is 0. The molecule has 0 spiro atoms. The molecule has 1 N–H and O–H groups in total. The van der Waals surface area contributed by atoms with Crippen molar-refractivity contribution < 1.29 is 14.6 Å². The number of esters is 1. The van der Waals surface area contributed by atoms with Gasteiger partial charge in [0.25, 0.3) is 0 Å². The highest BCUT2D eigenvalue weighted by atomic mass is 16.5. The third kappa shape index (κ3) is 5.17. The fourth-order valence-electron chi connectivity index (χ4n) is 2.01. The Kier molecular flexibility index (Phi) is 6.41. The molecule has 0 radical (unpaired) electrons. The number of carbonyl (C=O) groups excluding carboxylic acids is 1. The maximum Gasteiger partial charge on any atom is 0.309 e. The van der Waals surface area contributed by atoms with E-state index in [1.54, 1.807) is 0 Å². The number of hydrogen-bond acceptors (Lipinski definition) is 3. The van der Waals surface area contributed by atoms with Gasteiger partial charge in [0.15, 0.2) is 0 Å². The highest BCUT2D eigenvalue weighted by molar-refractivity contribution is 5.73. The minimum Gasteiger partial charge on any atom is -0.465 e. The standard InChI is InChI=1S/C12H22O3/c13-9-6-4-2-1-3-5-7-11-8-10-15-12(11)14/h11,13H,1-10H2. The molecule has 88 valence electrons. The summed E-state index contributed by atoms with van der Waals surface area (Å²) in [5, 5.41) is 8.59. The van der Waals surface area contributed by atoms with Gasteiger partial charge in [0, 0.05) is 6.61 Å². The molecule has 1 aliphatic rings. The van der Waals surface area contributed by atoms with Crippen LogP contribution in [0.25, 0.3) is 0 Å². The Morgan fingerprint density at radius 1 is 1.13 bits per heavy atom. The average molecular weight is 214 g/mol. The van der Waals surface area contributed by atoms with Crippen LogP contribution in [-0.4, -0.2) is 24.3 Å². The lowest BCUT2D eigenvalue weighted by Crippen LogP contribution is -2.06. The lowest BCUT2D eigenvalue weighted by atomic mass is 9.99. The summed E-state index contributed by atoms with van der Waals surface area (Å²) in [4.78, 5) is 11.1. The van der Waals surface area contributed by atoms with Crippen LogP contribution in [0.1, 0.15) is 51.4 Å². The van der Waals surface area contributed by atoms with Gasteiger partial charge in [-0.05, 0) is 19.3 Å². The average Bonchev–Trinajstić information content (AvgIpc) is 2.63. The monoisotopic (exact) mass is 214 g/mol. The van der Waals surface area contributed by atoms with E-state index in [9.17, 15) is 4.79 Å². The maximum absolute atomic E-state index is 11.1. The largest absolute Gasteiger partial charge is 0.465 e. The van der Waals surface area contributed by atoms with Crippen molar-refractivity contribution in [3.05, 3.63) is 0 Å². The van der Waals surface area contributed by atoms with Crippen LogP contribution < -0.4 is 0 Å². The van der Waals surface area contributed by atoms with Crippen molar-refractivity contribution in [3.63, 3.8) is 0 Å². The van der Waals surface area contributed by atoms with E-state index < -0.39 is 0 Å². The number of rotatable bonds is 8. The summed E-state index contributed by atoms with van der Waals surface area (Å²) in [6.45, 7) is 0.938. The zero-order chi connectivity index (χ0) is 10.9. The number of hydrogen-bond donors (Lipinski definition) is 1. The summed E-state index contributed by atoms with van der Waals surface area (Å²) < 4.78 is 4.91. The highest BCUT2D eigenvalue weighted by Gasteiger charge is 2.25. The van der Waals surface area contributed by atoms with Crippen LogP contribution in [0.5, 0.6) is 0 Å². The number of aliphatic hydroxyl groups is 1. The number of cyclic esters (lactones) is 1. The summed E-state index contributed by atoms with van der Waals surface area (Å²) in [7, 11) is 0. The summed E-state index contributed by atoms with van der Waals surface area (Å²) >= 11 is 0. The molecule has 0 bridgehead atoms. The quantitative estimate of drug-likeness (QED) is 0.498. The van der Waals surface area contributed by atoms with E-state index in [0.717, 1.165) is 32.1 Å². The second kappa shape index (κ2) is 7.69. The van der Waals surface area contributed by atoms with Crippen LogP contribution in [0.15, 0.2) is 0 Å². The number of ether oxygens (including phenoxy) is 1. The van der Waals surface area contributed by atoms with E-state index in [-0.39, 0.29) is 11.9 Å². The predicted octanol–water partition coefficient (Wildman–Crippen LogP) is 2.27. The normalized spacial score (nSPS) is 20.6. The molecule has 0 saturated carbocycles. The Morgan fingerprint density at radius 2 is 1.80 bits per heavy atom. The van der Waals surface area contributed by atoms with Crippen LogP contribution in [0, 0.1) is 5.92 Å². The molecule has 0 amide bonds. The van der Waals surface area contributed by atoms with Gasteiger partial charge in [-0.3, -0.25) is 4.79 Å². The highest BCUT2D eigenvalue weighted by Crippen LogP contribution is 2.21. The summed E-state index contributed by atoms with van der Waals surface area (Å²) in [5.41, 5.74) is 0. The zero-order valence-corrected chi connectivity index (χ0v) is 9.41. The summed E-state index contributed by atoms with van der Waals surface area (Å²) in [6.07, 6.45) is 8.74. The zero-order valence-electron chi connectivity index (χ0n) is 9.41. The van der Waals surface area contributed by atoms with Crippen molar-refractivity contribution in [2.45, 2.75) is 51.4 Å². The second-order valence-corrected chi connectivity index (χ2v) is 4.29. The molecule has 1 heterocycles. The predicted molar refractivity (Wildman–Crippen MR) is 58.5 cm³/mol. The molecular weight excluding hydrogens is 192 g/mol. The molecule has 15 heavy (non-hydrogen) atoms. The summed E-state index contributed by atoms with van der Waals surface area (Å²) in [5.74, 6) is 0.192. The lowest BCUT2D eigenvalue weighted by molar-refractivity contribution is -0.141. The van der Waals surface area contributed by atoms with Crippen molar-refractivity contribution in [3.8, 4) is 0 Å². The van der Waals surface area contributed by atoms with E-state index in [1.807, 2.05) is 0 Å². The Hall–Kier alpha value is -0.570. The molecule has 1 rings (SSSR count). The molecule has 1 atom stereocenters. The first-order valence-electron chi connectivity index (χ1n) is 6.12. The Balaban J connectivity index is 1.86. The van der Waals surface area contributed by atoms with E-state index >= 15 is 0 Å². The molecule has 1 saturated heterocycles. The maximum atomic E-state index is 11.1. The van der Waals surface area contributed by atoms with Gasteiger partial charge in [0.05, 0.1) is 12.5 Å². The molecule has 0 aromatic rings. The smallest absolute Gasteiger partial charge is 0.309 e. The van der Waals surface area contributed by atoms with Gasteiger partial charge in [-0.15, -0.1) is 0 Å². The first kappa shape index (κ1) is 12.5. The Labute approximate surface area is 91.8 Å². The molecule has 0 aromatic heterocycles. The first-order chi connectivity index (χ1) is 7.34. The van der Waals surface area contributed by atoms with Crippen molar-refractivity contribution in [1.82, 2.24) is 0 Å². The van der Waals surface area contributed by atoms with E-state index in [1.165, 1.54) is 19.3 Å². The second-order valence-electron chi connectivity index (χ2n) is 4.29. The van der Waals surface area contributed by atoms with Crippen molar-refractivity contribution >= 4 is 5.97 Å². The fraction of sp³-hybridized carbons (Fsp3) is 0.917. The van der Waals surface area contributed by atoms with Crippen LogP contribution in [0.4, 0.5) is 0 Å². The SMILES string of the molecule is O=C1OCCC1CCCCCCCCO. The van der Waals surface area contributed by atoms with Crippen molar-refractivity contribution in [2.24, 2.45) is 5.92 Å². The van der Waals surface area contributed by atoms with Crippen molar-refractivity contribution in [1.29, 1.82) is 0 Å². The third-order valence-electron chi connectivity index (χ3n) is 3.00. The van der Waals surface area contributed by atoms with Gasteiger partial charge in [-0.2, -0.15) is 0 Å². The van der Waals surface area contributed by atoms with Crippen LogP contribution in [0.2, 0.25) is 0 Å². The van der Waals surface area contributed by atoms with Crippen LogP contribution in [0.3, 0.4) is 0 Å². The minimum atomic E-state index is 0.00952. The fourth-order valence-corrected chi connectivity index (χ4v) is 2.01. The third-order valence-corrected chi connectivity index (χ3v) is 3.00. The first-order valence-corrected chi connectivity index (χ1v) is 6.12. The molecule has 1 fully saturated rings. The molecule has 3 heteroatoms. The van der Waals surface area contributed by atoms with Gasteiger partial charge in [-0.1, -0.05) is 32.1 Å². The lowest BCUT2D eigenvalue weighted by Gasteiger charge is -2.04. The Morgan fingerprint density at radius 3 is 2.40 bits per heavy atom. The molecule has 3 nitrogen and oxygen atoms in total. The van der Waals surface area contributed by atoms with E-state index in [4.69, 9.17) is 9.84 Å². The molecule has 0 aliphatic carbocycles. The number of unbranched alkanes of at least 4 members (excludes halogenated alkanes) is 5. The number of aliphatic hydroxyl groups excluding tert-OH is 1. The molecule has 1 aliphatic heterocycles. The molecule has 0 aromatic carbocycles. The Bertz CT molecular complexity index is 180.